The molecule has 0 saturated carbocycles. The van der Waals surface area contributed by atoms with Gasteiger partial charge in [-0.1, -0.05) is 60.7 Å². The number of fused-ring (bicyclic) bond motifs is 4. The van der Waals surface area contributed by atoms with E-state index in [-0.39, 0.29) is 24.0 Å². The summed E-state index contributed by atoms with van der Waals surface area (Å²) in [5.41, 5.74) is 6.98. The zero-order valence-electron chi connectivity index (χ0n) is 27.8. The van der Waals surface area contributed by atoms with Crippen molar-refractivity contribution < 1.29 is 14.3 Å². The lowest BCUT2D eigenvalue weighted by Gasteiger charge is -2.57. The van der Waals surface area contributed by atoms with Crippen molar-refractivity contribution in [1.82, 2.24) is 25.1 Å². The average molecular weight is 646 g/mol. The Morgan fingerprint density at radius 1 is 0.896 bits per heavy atom. The fourth-order valence-corrected chi connectivity index (χ4v) is 9.42. The number of para-hydroxylation sites is 2. The molecule has 4 aliphatic rings. The second kappa shape index (κ2) is 13.7. The minimum Gasteiger partial charge on any atom is -0.448 e. The largest absolute Gasteiger partial charge is 0.448 e. The third-order valence-electron chi connectivity index (χ3n) is 11.5. The fourth-order valence-electron chi connectivity index (χ4n) is 9.42. The molecule has 4 atom stereocenters. The van der Waals surface area contributed by atoms with E-state index in [2.05, 4.69) is 73.6 Å². The number of amides is 2. The summed E-state index contributed by atoms with van der Waals surface area (Å²) in [7, 11) is 0. The van der Waals surface area contributed by atoms with Crippen LogP contribution in [0.5, 0.6) is 0 Å². The Kier molecular flexibility index (Phi) is 8.91. The molecule has 3 saturated heterocycles. The van der Waals surface area contributed by atoms with Crippen molar-refractivity contribution in [2.45, 2.75) is 75.8 Å². The summed E-state index contributed by atoms with van der Waals surface area (Å²) in [6.45, 7) is 4.08. The Morgan fingerprint density at radius 2 is 1.62 bits per heavy atom. The summed E-state index contributed by atoms with van der Waals surface area (Å²) in [4.78, 5) is 39.8. The van der Waals surface area contributed by atoms with Crippen LogP contribution in [0.25, 0.3) is 22.2 Å². The van der Waals surface area contributed by atoms with Crippen molar-refractivity contribution in [3.63, 3.8) is 0 Å². The second-order valence-electron chi connectivity index (χ2n) is 14.3. The van der Waals surface area contributed by atoms with Crippen LogP contribution in [-0.2, 0) is 16.0 Å². The summed E-state index contributed by atoms with van der Waals surface area (Å²) in [5, 5.41) is 3.12. The van der Waals surface area contributed by atoms with Crippen LogP contribution in [0.15, 0.2) is 72.8 Å². The van der Waals surface area contributed by atoms with E-state index < -0.39 is 0 Å². The van der Waals surface area contributed by atoms with Gasteiger partial charge in [0.25, 0.3) is 0 Å². The van der Waals surface area contributed by atoms with Gasteiger partial charge in [0.2, 0.25) is 5.91 Å². The highest BCUT2D eigenvalue weighted by Crippen LogP contribution is 2.46. The van der Waals surface area contributed by atoms with Crippen molar-refractivity contribution in [2.24, 2.45) is 11.8 Å². The van der Waals surface area contributed by atoms with E-state index in [0.29, 0.717) is 37.5 Å². The van der Waals surface area contributed by atoms with Gasteiger partial charge >= 0.3 is 6.09 Å². The lowest BCUT2D eigenvalue weighted by molar-refractivity contribution is -0.121. The highest BCUT2D eigenvalue weighted by Gasteiger charge is 2.50. The average Bonchev–Trinajstić information content (AvgIpc) is 3.68. The summed E-state index contributed by atoms with van der Waals surface area (Å²) in [5.74, 6) is 2.02. The van der Waals surface area contributed by atoms with Crippen LogP contribution in [0, 0.1) is 11.8 Å². The lowest BCUT2D eigenvalue weighted by Crippen LogP contribution is -2.65. The molecule has 4 heterocycles. The maximum absolute atomic E-state index is 14.1. The van der Waals surface area contributed by atoms with Crippen LogP contribution >= 0.6 is 0 Å². The van der Waals surface area contributed by atoms with Gasteiger partial charge in [0, 0.05) is 43.9 Å². The van der Waals surface area contributed by atoms with E-state index in [0.717, 1.165) is 55.5 Å². The zero-order chi connectivity index (χ0) is 32.5. The SMILES string of the molecule is O=C(CCC[C@@H]1[C@H]2CCCN3CCC[C@@H](CN1C(=O)OCC1c4ccccc4-c4ccccc41)[C@@H]23)NCCCc1nc2ccccc2[nH]1. The van der Waals surface area contributed by atoms with E-state index in [1.807, 2.05) is 24.3 Å². The van der Waals surface area contributed by atoms with Gasteiger partial charge in [-0.3, -0.25) is 9.69 Å². The summed E-state index contributed by atoms with van der Waals surface area (Å²) >= 11 is 0. The van der Waals surface area contributed by atoms with Gasteiger partial charge in [-0.25, -0.2) is 9.78 Å². The first-order valence-electron chi connectivity index (χ1n) is 18.2. The van der Waals surface area contributed by atoms with Crippen molar-refractivity contribution in [2.75, 3.05) is 32.8 Å². The van der Waals surface area contributed by atoms with E-state index >= 15 is 0 Å². The van der Waals surface area contributed by atoms with Crippen LogP contribution in [-0.4, -0.2) is 76.6 Å². The number of ether oxygens (including phenoxy) is 1. The predicted octanol–water partition coefficient (Wildman–Crippen LogP) is 6.91. The first-order valence-corrected chi connectivity index (χ1v) is 18.2. The number of carbonyl (C=O) groups is 2. The molecule has 250 valence electrons. The number of carbonyl (C=O) groups excluding carboxylic acids is 2. The Morgan fingerprint density at radius 3 is 2.42 bits per heavy atom. The molecule has 8 rings (SSSR count). The van der Waals surface area contributed by atoms with Crippen molar-refractivity contribution in [3.8, 4) is 11.1 Å². The predicted molar refractivity (Wildman–Crippen MR) is 188 cm³/mol. The van der Waals surface area contributed by atoms with Crippen LogP contribution in [0.1, 0.15) is 74.2 Å². The summed E-state index contributed by atoms with van der Waals surface area (Å²) in [6.07, 6.45) is 8.22. The topological polar surface area (TPSA) is 90.6 Å². The zero-order valence-corrected chi connectivity index (χ0v) is 27.8. The maximum atomic E-state index is 14.1. The number of nitrogens with zero attached hydrogens (tertiary/aromatic N) is 3. The Labute approximate surface area is 283 Å². The van der Waals surface area contributed by atoms with Gasteiger partial charge in [-0.2, -0.15) is 0 Å². The first kappa shape index (κ1) is 31.1. The number of benzene rings is 3. The number of H-pyrrole nitrogens is 1. The van der Waals surface area contributed by atoms with Gasteiger partial charge in [-0.05, 0) is 104 Å². The molecule has 1 aliphatic carbocycles. The van der Waals surface area contributed by atoms with Crippen LogP contribution in [0.3, 0.4) is 0 Å². The Bertz CT molecular complexity index is 1690. The molecular formula is C40H47N5O3. The molecular weight excluding hydrogens is 598 g/mol. The Balaban J connectivity index is 0.895. The smallest absolute Gasteiger partial charge is 0.410 e. The molecule has 0 bridgehead atoms. The number of hydrogen-bond acceptors (Lipinski definition) is 5. The number of aromatic nitrogens is 2. The van der Waals surface area contributed by atoms with Gasteiger partial charge < -0.3 is 19.9 Å². The third-order valence-corrected chi connectivity index (χ3v) is 11.5. The minimum atomic E-state index is -0.182. The van der Waals surface area contributed by atoms with Gasteiger partial charge in [0.05, 0.1) is 11.0 Å². The van der Waals surface area contributed by atoms with E-state index in [9.17, 15) is 9.59 Å². The summed E-state index contributed by atoms with van der Waals surface area (Å²) in [6, 6.07) is 25.7. The molecule has 3 aromatic carbocycles. The number of likely N-dealkylation sites (tertiary alicyclic amines) is 1. The molecule has 48 heavy (non-hydrogen) atoms. The van der Waals surface area contributed by atoms with Crippen LogP contribution in [0.2, 0.25) is 0 Å². The molecule has 0 radical (unpaired) electrons. The van der Waals surface area contributed by atoms with Gasteiger partial charge in [0.1, 0.15) is 12.4 Å². The van der Waals surface area contributed by atoms with Gasteiger partial charge in [0.15, 0.2) is 0 Å². The lowest BCUT2D eigenvalue weighted by atomic mass is 9.69. The maximum Gasteiger partial charge on any atom is 0.410 e. The molecule has 3 aliphatic heterocycles. The Hall–Kier alpha value is -4.17. The number of imidazole rings is 1. The van der Waals surface area contributed by atoms with Crippen LogP contribution < -0.4 is 5.32 Å². The normalized spacial score (nSPS) is 23.4. The summed E-state index contributed by atoms with van der Waals surface area (Å²) < 4.78 is 6.26. The van der Waals surface area contributed by atoms with Crippen molar-refractivity contribution in [3.05, 3.63) is 89.7 Å². The second-order valence-corrected chi connectivity index (χ2v) is 14.3. The molecule has 8 heteroatoms. The molecule has 1 aromatic heterocycles. The highest BCUT2D eigenvalue weighted by molar-refractivity contribution is 5.79. The molecule has 8 nitrogen and oxygen atoms in total. The quantitative estimate of drug-likeness (QED) is 0.183. The van der Waals surface area contributed by atoms with E-state index in [1.54, 1.807) is 0 Å². The number of rotatable bonds is 10. The minimum absolute atomic E-state index is 0.0488. The fraction of sp³-hybridized carbons (Fsp3) is 0.475. The molecule has 0 unspecified atom stereocenters. The van der Waals surface area contributed by atoms with Crippen molar-refractivity contribution >= 4 is 23.0 Å². The molecule has 2 amide bonds. The number of aromatic amines is 1. The molecule has 2 N–H and O–H groups in total. The molecule has 3 fully saturated rings. The number of aryl methyl sites for hydroxylation is 1. The van der Waals surface area contributed by atoms with Crippen LogP contribution in [0.4, 0.5) is 4.79 Å². The number of nitrogens with one attached hydrogen (secondary N) is 2. The number of piperidine rings is 3. The number of hydrogen-bond donors (Lipinski definition) is 2. The van der Waals surface area contributed by atoms with Crippen molar-refractivity contribution in [1.29, 1.82) is 0 Å². The van der Waals surface area contributed by atoms with Gasteiger partial charge in [-0.15, -0.1) is 0 Å². The van der Waals surface area contributed by atoms with E-state index in [4.69, 9.17) is 4.74 Å². The molecule has 0 spiro atoms. The highest BCUT2D eigenvalue weighted by atomic mass is 16.6. The van der Waals surface area contributed by atoms with E-state index in [1.165, 1.54) is 54.6 Å². The standard InChI is InChI=1S/C40H47N5O3/c46-38(41-22-8-20-37-42-34-17-5-6-18-35(34)43-37)21-7-19-36-32-16-10-24-44-23-9-11-27(39(32)44)25-45(36)40(47)48-26-33-30-14-3-1-12-28(30)29-13-2-4-15-31(29)33/h1-6,12-15,17-18,27,32-33,36,39H,7-11,16,19-26H2,(H,41,46)(H,42,43)/t27-,32+,36+,39-/m0/s1. The molecule has 4 aromatic rings. The monoisotopic (exact) mass is 645 g/mol. The first-order chi connectivity index (χ1) is 23.6. The third kappa shape index (κ3) is 6.11.